The van der Waals surface area contributed by atoms with Crippen molar-refractivity contribution in [1.82, 2.24) is 9.97 Å². The van der Waals surface area contributed by atoms with Crippen molar-refractivity contribution in [3.63, 3.8) is 0 Å². The van der Waals surface area contributed by atoms with Crippen molar-refractivity contribution in [2.75, 3.05) is 28.2 Å². The van der Waals surface area contributed by atoms with Crippen LogP contribution < -0.4 is 19.9 Å². The Morgan fingerprint density at radius 2 is 2.00 bits per heavy atom. The Balaban J connectivity index is 1.49. The molecule has 0 unspecified atom stereocenters. The fraction of sp³-hybridized carbons (Fsp3) is 0.227. The number of nitrogens with zero attached hydrogens (tertiary/aromatic N) is 4. The van der Waals surface area contributed by atoms with Crippen molar-refractivity contribution in [2.45, 2.75) is 18.8 Å². The molecule has 0 saturated carbocycles. The number of amides is 2. The van der Waals surface area contributed by atoms with E-state index in [9.17, 15) is 22.4 Å². The first-order valence-corrected chi connectivity index (χ1v) is 10.1. The smallest absolute Gasteiger partial charge is 0.406 e. The van der Waals surface area contributed by atoms with Gasteiger partial charge in [-0.2, -0.15) is 0 Å². The van der Waals surface area contributed by atoms with Crippen molar-refractivity contribution < 1.29 is 27.1 Å². The predicted molar refractivity (Wildman–Crippen MR) is 113 cm³/mol. The van der Waals surface area contributed by atoms with Crippen molar-refractivity contribution in [3.8, 4) is 17.0 Å². The van der Waals surface area contributed by atoms with Gasteiger partial charge in [-0.25, -0.2) is 19.2 Å². The Morgan fingerprint density at radius 3 is 2.76 bits per heavy atom. The highest BCUT2D eigenvalue weighted by atomic mass is 19.4. The number of alkyl halides is 3. The second-order valence-electron chi connectivity index (χ2n) is 7.67. The van der Waals surface area contributed by atoms with E-state index < -0.39 is 18.2 Å². The first kappa shape index (κ1) is 21.0. The number of anilines is 3. The van der Waals surface area contributed by atoms with Crippen molar-refractivity contribution in [1.29, 1.82) is 0 Å². The molecule has 2 bridgehead atoms. The van der Waals surface area contributed by atoms with Gasteiger partial charge in [0.15, 0.2) is 5.82 Å². The van der Waals surface area contributed by atoms with Crippen LogP contribution in [-0.4, -0.2) is 41.5 Å². The maximum atomic E-state index is 13.2. The maximum absolute atomic E-state index is 13.2. The lowest BCUT2D eigenvalue weighted by Gasteiger charge is -2.35. The zero-order valence-electron chi connectivity index (χ0n) is 17.0. The highest BCUT2D eigenvalue weighted by molar-refractivity contribution is 6.04. The molecule has 4 heterocycles. The zero-order chi connectivity index (χ0) is 23.2. The summed E-state index contributed by atoms with van der Waals surface area (Å²) >= 11 is 0. The lowest BCUT2D eigenvalue weighted by atomic mass is 10.1. The molecule has 0 radical (unpaired) electrons. The largest absolute Gasteiger partial charge is 0.573 e. The van der Waals surface area contributed by atoms with Crippen LogP contribution in [0.5, 0.6) is 5.75 Å². The van der Waals surface area contributed by atoms with Crippen molar-refractivity contribution in [3.05, 3.63) is 60.5 Å². The molecule has 2 aliphatic heterocycles. The van der Waals surface area contributed by atoms with Gasteiger partial charge < -0.3 is 9.64 Å². The van der Waals surface area contributed by atoms with E-state index in [1.54, 1.807) is 18.2 Å². The lowest BCUT2D eigenvalue weighted by molar-refractivity contribution is -0.274. The molecule has 2 aromatic heterocycles. The summed E-state index contributed by atoms with van der Waals surface area (Å²) in [5.74, 6) is -0.300. The van der Waals surface area contributed by atoms with Gasteiger partial charge in [0.05, 0.1) is 23.6 Å². The van der Waals surface area contributed by atoms with Crippen LogP contribution in [-0.2, 0) is 0 Å². The number of ether oxygens (including phenoxy) is 1. The molecular weight excluding hydrogens is 442 g/mol. The molecule has 11 heteroatoms. The second kappa shape index (κ2) is 7.91. The number of hydrogen-bond acceptors (Lipinski definition) is 5. The van der Waals surface area contributed by atoms with Crippen LogP contribution >= 0.6 is 0 Å². The molecule has 1 fully saturated rings. The highest BCUT2D eigenvalue weighted by Crippen LogP contribution is 2.40. The Labute approximate surface area is 185 Å². The van der Waals surface area contributed by atoms with E-state index in [4.69, 9.17) is 0 Å². The first-order valence-electron chi connectivity index (χ1n) is 10.1. The Hall–Kier alpha value is -3.89. The molecule has 1 aromatic carbocycles. The van der Waals surface area contributed by atoms with Crippen LogP contribution in [0.4, 0.5) is 39.7 Å². The first-order chi connectivity index (χ1) is 15.8. The lowest BCUT2D eigenvalue weighted by Crippen LogP contribution is -2.48. The van der Waals surface area contributed by atoms with Gasteiger partial charge in [-0.3, -0.25) is 10.2 Å². The fourth-order valence-corrected chi connectivity index (χ4v) is 4.10. The molecule has 1 N–H and O–H groups in total. The van der Waals surface area contributed by atoms with E-state index in [-0.39, 0.29) is 17.6 Å². The quantitative estimate of drug-likeness (QED) is 0.570. The zero-order valence-corrected chi connectivity index (χ0v) is 17.0. The summed E-state index contributed by atoms with van der Waals surface area (Å²) in [6.45, 7) is 1.37. The standard InChI is InChI=1S/C22H17F4N5O2/c23-14-4-7-19(27-11-14)29-21(32)31-15-8-9-30(12-15)18-6-5-17(28-20(18)31)13-2-1-3-16(10-13)33-22(24,25)26/h1-7,10-11,15H,8-9,12H2,(H,27,29,32)/t15-/m0/s1. The number of urea groups is 1. The van der Waals surface area contributed by atoms with Crippen LogP contribution in [0, 0.1) is 5.82 Å². The topological polar surface area (TPSA) is 70.6 Å². The summed E-state index contributed by atoms with van der Waals surface area (Å²) in [6, 6.07) is 10.9. The van der Waals surface area contributed by atoms with Crippen LogP contribution in [0.15, 0.2) is 54.7 Å². The summed E-state index contributed by atoms with van der Waals surface area (Å²) in [5.41, 5.74) is 1.55. The minimum absolute atomic E-state index is 0.138. The molecule has 170 valence electrons. The molecule has 3 aromatic rings. The van der Waals surface area contributed by atoms with E-state index in [0.29, 0.717) is 23.6 Å². The van der Waals surface area contributed by atoms with E-state index >= 15 is 0 Å². The molecule has 0 spiro atoms. The third-order valence-electron chi connectivity index (χ3n) is 5.50. The third-order valence-corrected chi connectivity index (χ3v) is 5.50. The average molecular weight is 459 g/mol. The number of aromatic nitrogens is 2. The number of fused-ring (bicyclic) bond motifs is 4. The van der Waals surface area contributed by atoms with Crippen molar-refractivity contribution in [2.24, 2.45) is 0 Å². The number of carbonyl (C=O) groups is 1. The molecular formula is C22H17F4N5O2. The van der Waals surface area contributed by atoms with Gasteiger partial charge in [-0.05, 0) is 42.8 Å². The molecule has 33 heavy (non-hydrogen) atoms. The number of nitrogens with one attached hydrogen (secondary N) is 1. The molecule has 2 aliphatic rings. The summed E-state index contributed by atoms with van der Waals surface area (Å²) in [7, 11) is 0. The number of benzene rings is 1. The predicted octanol–water partition coefficient (Wildman–Crippen LogP) is 4.81. The molecule has 5 rings (SSSR count). The van der Waals surface area contributed by atoms with Crippen LogP contribution in [0.3, 0.4) is 0 Å². The monoisotopic (exact) mass is 459 g/mol. The maximum Gasteiger partial charge on any atom is 0.573 e. The minimum atomic E-state index is -4.81. The fourth-order valence-electron chi connectivity index (χ4n) is 4.10. The molecule has 1 saturated heterocycles. The Morgan fingerprint density at radius 1 is 1.15 bits per heavy atom. The van der Waals surface area contributed by atoms with Crippen molar-refractivity contribution >= 4 is 23.4 Å². The van der Waals surface area contributed by atoms with E-state index in [1.165, 1.54) is 35.2 Å². The van der Waals surface area contributed by atoms with Crippen LogP contribution in [0.1, 0.15) is 6.42 Å². The number of hydrogen-bond donors (Lipinski definition) is 1. The van der Waals surface area contributed by atoms with E-state index in [0.717, 1.165) is 24.8 Å². The molecule has 1 atom stereocenters. The summed E-state index contributed by atoms with van der Waals surface area (Å²) in [4.78, 5) is 25.3. The SMILES string of the molecule is O=C(Nc1ccc(F)cn1)N1c2nc(-c3cccc(OC(F)(F)F)c3)ccc2N2CC[C@H]1C2. The Bertz CT molecular complexity index is 1200. The second-order valence-corrected chi connectivity index (χ2v) is 7.67. The number of carbonyl (C=O) groups excluding carboxylic acids is 1. The van der Waals surface area contributed by atoms with Gasteiger partial charge in [0, 0.05) is 18.7 Å². The van der Waals surface area contributed by atoms with Gasteiger partial charge in [0.25, 0.3) is 0 Å². The number of pyridine rings is 2. The normalized spacial score (nSPS) is 17.0. The van der Waals surface area contributed by atoms with Gasteiger partial charge in [0.1, 0.15) is 17.4 Å². The highest BCUT2D eigenvalue weighted by Gasteiger charge is 2.40. The minimum Gasteiger partial charge on any atom is -0.406 e. The number of halogens is 4. The summed E-state index contributed by atoms with van der Waals surface area (Å²) < 4.78 is 55.0. The van der Waals surface area contributed by atoms with Crippen LogP contribution in [0.2, 0.25) is 0 Å². The van der Waals surface area contributed by atoms with E-state index in [2.05, 4.69) is 24.9 Å². The summed E-state index contributed by atoms with van der Waals surface area (Å²) in [6.07, 6.45) is -3.08. The Kier molecular flexibility index (Phi) is 5.03. The van der Waals surface area contributed by atoms with Gasteiger partial charge in [-0.1, -0.05) is 12.1 Å². The number of rotatable bonds is 3. The summed E-state index contributed by atoms with van der Waals surface area (Å²) in [5, 5.41) is 2.66. The molecule has 2 amide bonds. The molecule has 0 aliphatic carbocycles. The van der Waals surface area contributed by atoms with Gasteiger partial charge in [0.2, 0.25) is 0 Å². The van der Waals surface area contributed by atoms with Crippen LogP contribution in [0.25, 0.3) is 11.3 Å². The average Bonchev–Trinajstić information content (AvgIpc) is 3.18. The third kappa shape index (κ3) is 4.26. The van der Waals surface area contributed by atoms with E-state index in [1.807, 2.05) is 0 Å². The molecule has 7 nitrogen and oxygen atoms in total. The van der Waals surface area contributed by atoms with Gasteiger partial charge in [-0.15, -0.1) is 13.2 Å². The van der Waals surface area contributed by atoms with Gasteiger partial charge >= 0.3 is 12.4 Å².